The van der Waals surface area contributed by atoms with Crippen LogP contribution in [0.1, 0.15) is 12.5 Å². The third-order valence-corrected chi connectivity index (χ3v) is 1.53. The summed E-state index contributed by atoms with van der Waals surface area (Å²) in [6.45, 7) is 2.17. The second kappa shape index (κ2) is 4.40. The molecule has 1 aromatic carbocycles. The lowest BCUT2D eigenvalue weighted by Gasteiger charge is -2.00. The second-order valence-corrected chi connectivity index (χ2v) is 2.35. The minimum atomic E-state index is 0.0965. The van der Waals surface area contributed by atoms with Crippen LogP contribution in [0.15, 0.2) is 18.2 Å². The van der Waals surface area contributed by atoms with Crippen molar-refractivity contribution in [3.05, 3.63) is 29.8 Å². The van der Waals surface area contributed by atoms with Crippen LogP contribution in [0.25, 0.3) is 0 Å². The fourth-order valence-electron chi connectivity index (χ4n) is 0.868. The van der Waals surface area contributed by atoms with E-state index in [1.54, 1.807) is 6.07 Å². The molecule has 0 aliphatic heterocycles. The highest BCUT2D eigenvalue weighted by molar-refractivity contribution is 5.26. The average Bonchev–Trinajstić information content (AvgIpc) is 2.15. The molecule has 0 atom stereocenters. The van der Waals surface area contributed by atoms with E-state index in [-0.39, 0.29) is 6.61 Å². The molecule has 2 nitrogen and oxygen atoms in total. The van der Waals surface area contributed by atoms with Crippen LogP contribution < -0.4 is 4.74 Å². The summed E-state index contributed by atoms with van der Waals surface area (Å²) in [5.74, 6) is 0.703. The van der Waals surface area contributed by atoms with Gasteiger partial charge in [-0.25, -0.2) is 0 Å². The summed E-state index contributed by atoms with van der Waals surface area (Å²) in [5, 5.41) is 8.24. The molecular weight excluding hydrogens is 150 g/mol. The summed E-state index contributed by atoms with van der Waals surface area (Å²) in [6, 6.07) is 10.5. The number of hydrogen-bond donors (Lipinski definition) is 0. The highest BCUT2D eigenvalue weighted by atomic mass is 16.5. The Bertz CT molecular complexity index is 271. The van der Waals surface area contributed by atoms with Crippen LogP contribution in [0.5, 0.6) is 5.75 Å². The molecule has 61 valence electrons. The highest BCUT2D eigenvalue weighted by Gasteiger charge is 1.92. The van der Waals surface area contributed by atoms with E-state index in [1.807, 2.05) is 18.2 Å². The van der Waals surface area contributed by atoms with Crippen molar-refractivity contribution in [2.45, 2.75) is 13.3 Å². The van der Waals surface area contributed by atoms with E-state index in [9.17, 15) is 0 Å². The van der Waals surface area contributed by atoms with Crippen LogP contribution in [0.4, 0.5) is 0 Å². The molecule has 0 heterocycles. The lowest BCUT2D eigenvalue weighted by Crippen LogP contribution is -1.93. The topological polar surface area (TPSA) is 33.0 Å². The minimum Gasteiger partial charge on any atom is -0.479 e. The first-order chi connectivity index (χ1) is 5.86. The van der Waals surface area contributed by atoms with Crippen LogP contribution in [0.3, 0.4) is 0 Å². The van der Waals surface area contributed by atoms with Gasteiger partial charge in [0.25, 0.3) is 0 Å². The molecule has 0 N–H and O–H groups in total. The van der Waals surface area contributed by atoms with Gasteiger partial charge in [0.1, 0.15) is 11.8 Å². The van der Waals surface area contributed by atoms with Gasteiger partial charge in [0, 0.05) is 0 Å². The predicted octanol–water partition coefficient (Wildman–Crippen LogP) is 1.95. The molecule has 0 unspecified atom stereocenters. The van der Waals surface area contributed by atoms with Crippen molar-refractivity contribution in [1.82, 2.24) is 0 Å². The Morgan fingerprint density at radius 3 is 2.92 bits per heavy atom. The summed E-state index contributed by atoms with van der Waals surface area (Å²) < 4.78 is 5.06. The zero-order valence-electron chi connectivity index (χ0n) is 7.00. The fourth-order valence-corrected chi connectivity index (χ4v) is 0.868. The molecule has 0 fully saturated rings. The summed E-state index contributed by atoms with van der Waals surface area (Å²) >= 11 is 0. The number of nitriles is 1. The van der Waals surface area contributed by atoms with Gasteiger partial charge < -0.3 is 4.74 Å². The Kier molecular flexibility index (Phi) is 3.16. The Balaban J connectivity index is 2.60. The van der Waals surface area contributed by atoms with Gasteiger partial charge in [-0.2, -0.15) is 5.26 Å². The fraction of sp³-hybridized carbons (Fsp3) is 0.300. The number of hydrogen-bond acceptors (Lipinski definition) is 2. The maximum Gasteiger partial charge on any atom is 0.174 e. The predicted molar refractivity (Wildman–Crippen MR) is 45.8 cm³/mol. The molecule has 2 heteroatoms. The molecule has 1 radical (unpaired) electrons. The number of aryl methyl sites for hydroxylation is 1. The molecule has 12 heavy (non-hydrogen) atoms. The van der Waals surface area contributed by atoms with E-state index in [0.717, 1.165) is 12.0 Å². The molecule has 0 amide bonds. The standard InChI is InChI=1S/C10H10NO/c1-2-9-3-5-10(6-4-9)12-8-7-11/h3,5-6H,2,8H2,1H3. The lowest BCUT2D eigenvalue weighted by molar-refractivity contribution is 0.368. The third kappa shape index (κ3) is 2.28. The summed E-state index contributed by atoms with van der Waals surface area (Å²) in [5.41, 5.74) is 1.15. The van der Waals surface area contributed by atoms with Gasteiger partial charge in [-0.15, -0.1) is 0 Å². The first-order valence-electron chi connectivity index (χ1n) is 3.87. The zero-order valence-corrected chi connectivity index (χ0v) is 7.00. The molecule has 0 bridgehead atoms. The van der Waals surface area contributed by atoms with E-state index in [2.05, 4.69) is 13.0 Å². The molecular formula is C10H10NO. The highest BCUT2D eigenvalue weighted by Crippen LogP contribution is 2.11. The Labute approximate surface area is 72.4 Å². The zero-order chi connectivity index (χ0) is 8.81. The second-order valence-electron chi connectivity index (χ2n) is 2.35. The van der Waals surface area contributed by atoms with Crippen LogP contribution in [0.2, 0.25) is 0 Å². The van der Waals surface area contributed by atoms with E-state index >= 15 is 0 Å². The van der Waals surface area contributed by atoms with Crippen molar-refractivity contribution < 1.29 is 4.74 Å². The third-order valence-electron chi connectivity index (χ3n) is 1.53. The molecule has 0 saturated carbocycles. The van der Waals surface area contributed by atoms with Crippen LogP contribution in [0, 0.1) is 17.4 Å². The molecule has 1 aromatic rings. The SMILES string of the molecule is CCc1[c]cc(OCC#N)cc1. The molecule has 0 aliphatic carbocycles. The van der Waals surface area contributed by atoms with Crippen LogP contribution in [-0.2, 0) is 6.42 Å². The van der Waals surface area contributed by atoms with Gasteiger partial charge in [0.05, 0.1) is 0 Å². The Morgan fingerprint density at radius 2 is 2.42 bits per heavy atom. The molecule has 1 rings (SSSR count). The monoisotopic (exact) mass is 160 g/mol. The van der Waals surface area contributed by atoms with Gasteiger partial charge in [-0.1, -0.05) is 13.0 Å². The number of nitrogens with zero attached hydrogens (tertiary/aromatic N) is 1. The maximum absolute atomic E-state index is 8.24. The first kappa shape index (κ1) is 8.61. The number of rotatable bonds is 3. The maximum atomic E-state index is 8.24. The van der Waals surface area contributed by atoms with Gasteiger partial charge in [-0.05, 0) is 30.2 Å². The van der Waals surface area contributed by atoms with E-state index in [0.29, 0.717) is 5.75 Å². The van der Waals surface area contributed by atoms with Gasteiger partial charge >= 0.3 is 0 Å². The van der Waals surface area contributed by atoms with Crippen molar-refractivity contribution in [2.24, 2.45) is 0 Å². The largest absolute Gasteiger partial charge is 0.479 e. The van der Waals surface area contributed by atoms with Gasteiger partial charge in [-0.3, -0.25) is 0 Å². The van der Waals surface area contributed by atoms with Crippen molar-refractivity contribution in [2.75, 3.05) is 6.61 Å². The summed E-state index contributed by atoms with van der Waals surface area (Å²) in [7, 11) is 0. The molecule has 0 spiro atoms. The number of benzene rings is 1. The van der Waals surface area contributed by atoms with Gasteiger partial charge in [0.15, 0.2) is 6.61 Å². The Morgan fingerprint density at radius 1 is 1.58 bits per heavy atom. The van der Waals surface area contributed by atoms with Crippen molar-refractivity contribution >= 4 is 0 Å². The van der Waals surface area contributed by atoms with Gasteiger partial charge in [0.2, 0.25) is 0 Å². The average molecular weight is 160 g/mol. The van der Waals surface area contributed by atoms with E-state index < -0.39 is 0 Å². The lowest BCUT2D eigenvalue weighted by atomic mass is 10.2. The quantitative estimate of drug-likeness (QED) is 0.677. The summed E-state index contributed by atoms with van der Waals surface area (Å²) in [4.78, 5) is 0. The van der Waals surface area contributed by atoms with E-state index in [1.165, 1.54) is 0 Å². The van der Waals surface area contributed by atoms with Crippen molar-refractivity contribution in [1.29, 1.82) is 5.26 Å². The molecule has 0 aliphatic rings. The Hall–Kier alpha value is -1.49. The van der Waals surface area contributed by atoms with Crippen LogP contribution in [-0.4, -0.2) is 6.61 Å². The van der Waals surface area contributed by atoms with Crippen molar-refractivity contribution in [3.8, 4) is 11.8 Å². The first-order valence-corrected chi connectivity index (χ1v) is 3.87. The number of ether oxygens (including phenoxy) is 1. The van der Waals surface area contributed by atoms with E-state index in [4.69, 9.17) is 10.00 Å². The minimum absolute atomic E-state index is 0.0965. The molecule has 0 aromatic heterocycles. The summed E-state index contributed by atoms with van der Waals surface area (Å²) in [6.07, 6.45) is 0.971. The van der Waals surface area contributed by atoms with Crippen molar-refractivity contribution in [3.63, 3.8) is 0 Å². The smallest absolute Gasteiger partial charge is 0.174 e. The normalized spacial score (nSPS) is 9.00. The molecule has 0 saturated heterocycles. The van der Waals surface area contributed by atoms with Crippen LogP contribution >= 0.6 is 0 Å².